The molecule has 0 aliphatic rings. The molecule has 0 radical (unpaired) electrons. The number of carbonyl (C=O) groups excluding carboxylic acids is 1. The molecule has 0 saturated carbocycles. The van der Waals surface area contributed by atoms with Gasteiger partial charge in [0.15, 0.2) is 0 Å². The van der Waals surface area contributed by atoms with Crippen LogP contribution in [0.1, 0.15) is 35.3 Å². The highest BCUT2D eigenvalue weighted by atomic mass is 32.2. The summed E-state index contributed by atoms with van der Waals surface area (Å²) in [6.45, 7) is 3.16. The molecule has 0 bridgehead atoms. The number of benzene rings is 2. The summed E-state index contributed by atoms with van der Waals surface area (Å²) in [5, 5.41) is 0. The van der Waals surface area contributed by atoms with Crippen molar-refractivity contribution in [3.63, 3.8) is 0 Å². The lowest BCUT2D eigenvalue weighted by molar-refractivity contribution is -0.137. The second-order valence-corrected chi connectivity index (χ2v) is 10.6. The first-order valence-electron chi connectivity index (χ1n) is 10.6. The molecular weight excluding hydrogens is 497 g/mol. The molecule has 192 valence electrons. The zero-order valence-corrected chi connectivity index (χ0v) is 20.7. The zero-order valence-electron chi connectivity index (χ0n) is 19.9. The van der Waals surface area contributed by atoms with Crippen LogP contribution in [-0.2, 0) is 21.7 Å². The molecule has 0 atom stereocenters. The third-order valence-corrected chi connectivity index (χ3v) is 6.32. The maximum Gasteiger partial charge on any atom is 0.416 e. The summed E-state index contributed by atoms with van der Waals surface area (Å²) >= 11 is 0. The first kappa shape index (κ1) is 26.8. The maximum atomic E-state index is 13.3. The van der Waals surface area contributed by atoms with Crippen molar-refractivity contribution in [3.8, 4) is 5.69 Å². The Hall–Kier alpha value is -3.80. The number of nitrogens with zero attached hydrogens (tertiary/aromatic N) is 2. The smallest absolute Gasteiger partial charge is 0.399 e. The molecule has 0 aliphatic carbocycles. The number of pyridine rings is 1. The number of hydrogen-bond acceptors (Lipinski definition) is 5. The van der Waals surface area contributed by atoms with Gasteiger partial charge < -0.3 is 10.6 Å². The lowest BCUT2D eigenvalue weighted by Gasteiger charge is -2.37. The lowest BCUT2D eigenvalue weighted by Crippen LogP contribution is -2.43. The van der Waals surface area contributed by atoms with Gasteiger partial charge in [-0.05, 0) is 61.9 Å². The van der Waals surface area contributed by atoms with Crippen molar-refractivity contribution in [1.82, 2.24) is 9.47 Å². The predicted molar refractivity (Wildman–Crippen MR) is 131 cm³/mol. The van der Waals surface area contributed by atoms with Gasteiger partial charge in [0, 0.05) is 25.0 Å². The van der Waals surface area contributed by atoms with Crippen LogP contribution in [-0.4, -0.2) is 37.1 Å². The largest absolute Gasteiger partial charge is 0.416 e. The molecule has 2 aromatic carbocycles. The Morgan fingerprint density at radius 1 is 1.03 bits per heavy atom. The number of hydrogen-bond donors (Lipinski definition) is 2. The first-order chi connectivity index (χ1) is 16.5. The molecule has 3 aromatic rings. The summed E-state index contributed by atoms with van der Waals surface area (Å²) in [6, 6.07) is 11.7. The SMILES string of the molecule is CN(C(=O)c1ccc(=O)n(-c2cccc(NS(C)(=O)=O)c2)c1)C(C)(C)c1cc(N)cc(C(F)(F)F)c1. The second-order valence-electron chi connectivity index (χ2n) is 8.82. The monoisotopic (exact) mass is 522 g/mol. The van der Waals surface area contributed by atoms with E-state index in [0.717, 1.165) is 18.4 Å². The Balaban J connectivity index is 2.00. The highest BCUT2D eigenvalue weighted by molar-refractivity contribution is 7.92. The summed E-state index contributed by atoms with van der Waals surface area (Å²) in [5.74, 6) is -0.560. The number of halogens is 3. The fraction of sp³-hybridized carbons (Fsp3) is 0.250. The predicted octanol–water partition coefficient (Wildman–Crippen LogP) is 3.82. The summed E-state index contributed by atoms with van der Waals surface area (Å²) < 4.78 is 66.5. The Bertz CT molecular complexity index is 1480. The van der Waals surface area contributed by atoms with Gasteiger partial charge in [0.2, 0.25) is 10.0 Å². The van der Waals surface area contributed by atoms with Gasteiger partial charge in [0.1, 0.15) is 0 Å². The molecule has 0 spiro atoms. The molecule has 0 aliphatic heterocycles. The lowest BCUT2D eigenvalue weighted by atomic mass is 9.90. The number of nitrogens with two attached hydrogens (primary N) is 1. The van der Waals surface area contributed by atoms with Crippen LogP contribution in [0.25, 0.3) is 5.69 Å². The number of amides is 1. The Labute approximate surface area is 206 Å². The normalized spacial score (nSPS) is 12.3. The third-order valence-electron chi connectivity index (χ3n) is 5.72. The van der Waals surface area contributed by atoms with Crippen LogP contribution in [0.3, 0.4) is 0 Å². The van der Waals surface area contributed by atoms with Gasteiger partial charge in [-0.3, -0.25) is 18.9 Å². The molecule has 1 amide bonds. The Morgan fingerprint density at radius 3 is 2.28 bits per heavy atom. The van der Waals surface area contributed by atoms with E-state index in [1.165, 1.54) is 59.1 Å². The van der Waals surface area contributed by atoms with Crippen molar-refractivity contribution in [2.24, 2.45) is 0 Å². The van der Waals surface area contributed by atoms with E-state index in [-0.39, 0.29) is 22.5 Å². The van der Waals surface area contributed by atoms with E-state index in [9.17, 15) is 31.2 Å². The Kier molecular flexibility index (Phi) is 6.95. The van der Waals surface area contributed by atoms with E-state index in [4.69, 9.17) is 5.73 Å². The van der Waals surface area contributed by atoms with Gasteiger partial charge in [0.25, 0.3) is 11.5 Å². The average Bonchev–Trinajstić information content (AvgIpc) is 2.76. The third kappa shape index (κ3) is 5.88. The Morgan fingerprint density at radius 2 is 1.67 bits per heavy atom. The van der Waals surface area contributed by atoms with Crippen LogP contribution in [0.15, 0.2) is 65.6 Å². The zero-order chi connectivity index (χ0) is 27.1. The number of sulfonamides is 1. The molecule has 12 heteroatoms. The van der Waals surface area contributed by atoms with E-state index in [1.54, 1.807) is 19.9 Å². The van der Waals surface area contributed by atoms with Crippen molar-refractivity contribution >= 4 is 27.3 Å². The molecule has 3 N–H and O–H groups in total. The van der Waals surface area contributed by atoms with Crippen molar-refractivity contribution in [1.29, 1.82) is 0 Å². The van der Waals surface area contributed by atoms with Crippen molar-refractivity contribution < 1.29 is 26.4 Å². The fourth-order valence-electron chi connectivity index (χ4n) is 3.56. The molecule has 36 heavy (non-hydrogen) atoms. The number of nitrogen functional groups attached to an aromatic ring is 1. The van der Waals surface area contributed by atoms with Crippen LogP contribution < -0.4 is 16.0 Å². The van der Waals surface area contributed by atoms with Gasteiger partial charge in [-0.1, -0.05) is 6.07 Å². The molecule has 1 heterocycles. The fourth-order valence-corrected chi connectivity index (χ4v) is 4.11. The van der Waals surface area contributed by atoms with Crippen LogP contribution in [0.4, 0.5) is 24.5 Å². The van der Waals surface area contributed by atoms with Crippen LogP contribution in [0, 0.1) is 0 Å². The van der Waals surface area contributed by atoms with E-state index in [1.807, 2.05) is 0 Å². The number of anilines is 2. The van der Waals surface area contributed by atoms with Crippen molar-refractivity contribution in [2.45, 2.75) is 25.6 Å². The second kappa shape index (κ2) is 9.34. The van der Waals surface area contributed by atoms with E-state index in [2.05, 4.69) is 4.72 Å². The molecule has 8 nitrogen and oxygen atoms in total. The van der Waals surface area contributed by atoms with E-state index in [0.29, 0.717) is 5.69 Å². The van der Waals surface area contributed by atoms with Gasteiger partial charge in [-0.25, -0.2) is 8.42 Å². The number of carbonyl (C=O) groups is 1. The average molecular weight is 523 g/mol. The summed E-state index contributed by atoms with van der Waals surface area (Å²) in [7, 11) is -2.12. The van der Waals surface area contributed by atoms with E-state index >= 15 is 0 Å². The molecule has 0 unspecified atom stereocenters. The summed E-state index contributed by atoms with van der Waals surface area (Å²) in [6.07, 6.45) is -2.34. The van der Waals surface area contributed by atoms with Crippen LogP contribution in [0.2, 0.25) is 0 Å². The number of rotatable bonds is 6. The molecule has 1 aromatic heterocycles. The molecule has 0 saturated heterocycles. The van der Waals surface area contributed by atoms with Crippen LogP contribution >= 0.6 is 0 Å². The molecule has 0 fully saturated rings. The van der Waals surface area contributed by atoms with E-state index < -0.39 is 38.8 Å². The minimum absolute atomic E-state index is 0.0894. The highest BCUT2D eigenvalue weighted by Crippen LogP contribution is 2.36. The summed E-state index contributed by atoms with van der Waals surface area (Å²) in [5.41, 5.74) is 3.80. The minimum atomic E-state index is -4.61. The number of nitrogens with one attached hydrogen (secondary N) is 1. The standard InChI is InChI=1S/C24H25F3N4O4S/c1-23(2,16-10-17(24(25,26)27)12-18(28)11-16)30(3)22(33)15-8-9-21(32)31(14-15)20-7-5-6-19(13-20)29-36(4,34)35/h5-14,29H,28H2,1-4H3. The van der Waals surface area contributed by atoms with Gasteiger partial charge >= 0.3 is 6.18 Å². The number of aromatic nitrogens is 1. The topological polar surface area (TPSA) is 114 Å². The molecule has 3 rings (SSSR count). The quantitative estimate of drug-likeness (QED) is 0.478. The minimum Gasteiger partial charge on any atom is -0.399 e. The van der Waals surface area contributed by atoms with Gasteiger partial charge in [0.05, 0.1) is 34.3 Å². The summed E-state index contributed by atoms with van der Waals surface area (Å²) in [4.78, 5) is 27.1. The first-order valence-corrected chi connectivity index (χ1v) is 12.5. The van der Waals surface area contributed by atoms with Gasteiger partial charge in [-0.2, -0.15) is 13.2 Å². The maximum absolute atomic E-state index is 13.3. The van der Waals surface area contributed by atoms with Crippen LogP contribution in [0.5, 0.6) is 0 Å². The van der Waals surface area contributed by atoms with Gasteiger partial charge in [-0.15, -0.1) is 0 Å². The molecular formula is C24H25F3N4O4S. The number of alkyl halides is 3. The highest BCUT2D eigenvalue weighted by Gasteiger charge is 2.35. The van der Waals surface area contributed by atoms with Crippen molar-refractivity contribution in [2.75, 3.05) is 23.8 Å². The van der Waals surface area contributed by atoms with Crippen molar-refractivity contribution in [3.05, 3.63) is 87.8 Å².